The van der Waals surface area contributed by atoms with Gasteiger partial charge in [0.1, 0.15) is 12.7 Å². The number of nitrogens with zero attached hydrogens (tertiary/aromatic N) is 1. The number of para-hydroxylation sites is 2. The Morgan fingerprint density at radius 2 is 1.53 bits per heavy atom. The number of hydrogen-bond donors (Lipinski definition) is 2. The van der Waals surface area contributed by atoms with Crippen LogP contribution in [0.5, 0.6) is 0 Å². The summed E-state index contributed by atoms with van der Waals surface area (Å²) in [6.07, 6.45) is -0.653. The van der Waals surface area contributed by atoms with E-state index in [0.29, 0.717) is 0 Å². The highest BCUT2D eigenvalue weighted by molar-refractivity contribution is 6.07. The fourth-order valence-electron chi connectivity index (χ4n) is 2.25. The van der Waals surface area contributed by atoms with E-state index in [1.807, 2.05) is 36.4 Å². The predicted octanol–water partition coefficient (Wildman–Crippen LogP) is 1.54. The third kappa shape index (κ3) is 2.05. The Morgan fingerprint density at radius 1 is 1.00 bits per heavy atom. The SMILES string of the molecule is NCC(O)COn1c2ccccc2c2ccccc21. The van der Waals surface area contributed by atoms with Crippen molar-refractivity contribution in [3.05, 3.63) is 48.5 Å². The molecule has 4 heteroatoms. The summed E-state index contributed by atoms with van der Waals surface area (Å²) in [5.74, 6) is 0. The predicted molar refractivity (Wildman–Crippen MR) is 76.0 cm³/mol. The Kier molecular flexibility index (Phi) is 3.11. The first-order valence-corrected chi connectivity index (χ1v) is 6.31. The van der Waals surface area contributed by atoms with Crippen LogP contribution in [0.1, 0.15) is 0 Å². The minimum atomic E-state index is -0.653. The highest BCUT2D eigenvalue weighted by Crippen LogP contribution is 2.27. The minimum absolute atomic E-state index is 0.180. The van der Waals surface area contributed by atoms with E-state index >= 15 is 0 Å². The number of aliphatic hydroxyl groups is 1. The van der Waals surface area contributed by atoms with E-state index in [2.05, 4.69) is 12.1 Å². The van der Waals surface area contributed by atoms with Crippen molar-refractivity contribution in [1.82, 2.24) is 4.73 Å². The Labute approximate surface area is 111 Å². The molecule has 0 radical (unpaired) electrons. The first kappa shape index (κ1) is 12.0. The largest absolute Gasteiger partial charge is 0.410 e. The lowest BCUT2D eigenvalue weighted by Gasteiger charge is -2.12. The standard InChI is InChI=1S/C15H16N2O2/c16-9-11(18)10-19-17-14-7-3-1-5-12(14)13-6-2-4-8-15(13)17/h1-8,11,18H,9-10,16H2. The summed E-state index contributed by atoms with van der Waals surface area (Å²) in [5, 5.41) is 11.8. The average molecular weight is 256 g/mol. The van der Waals surface area contributed by atoms with Crippen molar-refractivity contribution in [2.24, 2.45) is 5.73 Å². The molecule has 0 saturated carbocycles. The van der Waals surface area contributed by atoms with E-state index in [1.54, 1.807) is 4.73 Å². The Hall–Kier alpha value is -2.04. The molecule has 3 aromatic rings. The van der Waals surface area contributed by atoms with E-state index in [9.17, 15) is 5.11 Å². The van der Waals surface area contributed by atoms with E-state index in [-0.39, 0.29) is 13.2 Å². The molecule has 98 valence electrons. The third-order valence-electron chi connectivity index (χ3n) is 3.20. The number of fused-ring (bicyclic) bond motifs is 3. The molecule has 1 heterocycles. The maximum Gasteiger partial charge on any atom is 0.142 e. The Balaban J connectivity index is 2.14. The van der Waals surface area contributed by atoms with Crippen LogP contribution in [0.4, 0.5) is 0 Å². The van der Waals surface area contributed by atoms with Crippen LogP contribution in [-0.4, -0.2) is 29.1 Å². The molecule has 0 aliphatic heterocycles. The van der Waals surface area contributed by atoms with Crippen molar-refractivity contribution in [2.75, 3.05) is 13.2 Å². The molecule has 2 aromatic carbocycles. The molecule has 0 aliphatic carbocycles. The highest BCUT2D eigenvalue weighted by Gasteiger charge is 2.11. The van der Waals surface area contributed by atoms with Gasteiger partial charge in [0.25, 0.3) is 0 Å². The van der Waals surface area contributed by atoms with Crippen LogP contribution in [0, 0.1) is 0 Å². The number of nitrogens with two attached hydrogens (primary N) is 1. The second-order valence-corrected chi connectivity index (χ2v) is 4.51. The zero-order chi connectivity index (χ0) is 13.2. The maximum absolute atomic E-state index is 9.54. The molecule has 4 nitrogen and oxygen atoms in total. The number of aliphatic hydroxyl groups excluding tert-OH is 1. The summed E-state index contributed by atoms with van der Waals surface area (Å²) in [4.78, 5) is 5.71. The zero-order valence-corrected chi connectivity index (χ0v) is 10.5. The summed E-state index contributed by atoms with van der Waals surface area (Å²) in [7, 11) is 0. The van der Waals surface area contributed by atoms with Crippen LogP contribution < -0.4 is 10.6 Å². The van der Waals surface area contributed by atoms with Crippen molar-refractivity contribution in [1.29, 1.82) is 0 Å². The van der Waals surface area contributed by atoms with Gasteiger partial charge in [-0.15, -0.1) is 0 Å². The number of benzene rings is 2. The maximum atomic E-state index is 9.54. The molecular formula is C15H16N2O2. The first-order chi connectivity index (χ1) is 9.31. The molecule has 0 fully saturated rings. The average Bonchev–Trinajstić information content (AvgIpc) is 2.79. The van der Waals surface area contributed by atoms with Crippen molar-refractivity contribution >= 4 is 21.8 Å². The molecule has 3 N–H and O–H groups in total. The van der Waals surface area contributed by atoms with Gasteiger partial charge in [-0.25, -0.2) is 0 Å². The van der Waals surface area contributed by atoms with Gasteiger partial charge in [0, 0.05) is 17.3 Å². The number of aromatic nitrogens is 1. The molecule has 0 saturated heterocycles. The van der Waals surface area contributed by atoms with Gasteiger partial charge >= 0.3 is 0 Å². The van der Waals surface area contributed by atoms with Gasteiger partial charge in [-0.2, -0.15) is 4.73 Å². The second-order valence-electron chi connectivity index (χ2n) is 4.51. The fraction of sp³-hybridized carbons (Fsp3) is 0.200. The Morgan fingerprint density at radius 3 is 2.05 bits per heavy atom. The number of rotatable bonds is 4. The van der Waals surface area contributed by atoms with Crippen LogP contribution in [0.2, 0.25) is 0 Å². The van der Waals surface area contributed by atoms with Crippen LogP contribution in [0.3, 0.4) is 0 Å². The van der Waals surface area contributed by atoms with E-state index < -0.39 is 6.10 Å². The lowest BCUT2D eigenvalue weighted by molar-refractivity contribution is 0.0410. The van der Waals surface area contributed by atoms with E-state index in [0.717, 1.165) is 21.8 Å². The molecule has 3 rings (SSSR count). The topological polar surface area (TPSA) is 60.4 Å². The van der Waals surface area contributed by atoms with Gasteiger partial charge in [0.15, 0.2) is 0 Å². The van der Waals surface area contributed by atoms with Crippen molar-refractivity contribution in [3.63, 3.8) is 0 Å². The van der Waals surface area contributed by atoms with E-state index in [4.69, 9.17) is 10.6 Å². The summed E-state index contributed by atoms with van der Waals surface area (Å²) in [6.45, 7) is 0.371. The van der Waals surface area contributed by atoms with Crippen LogP contribution in [-0.2, 0) is 0 Å². The molecule has 19 heavy (non-hydrogen) atoms. The van der Waals surface area contributed by atoms with Crippen LogP contribution in [0.25, 0.3) is 21.8 Å². The molecule has 0 amide bonds. The lowest BCUT2D eigenvalue weighted by Crippen LogP contribution is -2.30. The smallest absolute Gasteiger partial charge is 0.142 e. The van der Waals surface area contributed by atoms with Crippen molar-refractivity contribution in [2.45, 2.75) is 6.10 Å². The second kappa shape index (κ2) is 4.91. The minimum Gasteiger partial charge on any atom is -0.410 e. The van der Waals surface area contributed by atoms with Crippen molar-refractivity contribution in [3.8, 4) is 0 Å². The van der Waals surface area contributed by atoms with Gasteiger partial charge in [0.05, 0.1) is 11.0 Å². The van der Waals surface area contributed by atoms with Gasteiger partial charge in [-0.05, 0) is 12.1 Å². The summed E-state index contributed by atoms with van der Waals surface area (Å²) in [5.41, 5.74) is 7.38. The Bertz CT molecular complexity index is 652. The number of hydrogen-bond acceptors (Lipinski definition) is 3. The summed E-state index contributed by atoms with van der Waals surface area (Å²) < 4.78 is 1.77. The molecule has 1 unspecified atom stereocenters. The highest BCUT2D eigenvalue weighted by atomic mass is 16.7. The summed E-state index contributed by atoms with van der Waals surface area (Å²) >= 11 is 0. The molecule has 0 spiro atoms. The normalized spacial score (nSPS) is 12.9. The van der Waals surface area contributed by atoms with Crippen LogP contribution in [0.15, 0.2) is 48.5 Å². The van der Waals surface area contributed by atoms with Crippen LogP contribution >= 0.6 is 0 Å². The first-order valence-electron chi connectivity index (χ1n) is 6.31. The quantitative estimate of drug-likeness (QED) is 0.744. The van der Waals surface area contributed by atoms with E-state index in [1.165, 1.54) is 0 Å². The zero-order valence-electron chi connectivity index (χ0n) is 10.5. The molecule has 0 aliphatic rings. The molecule has 1 aromatic heterocycles. The molecule has 1 atom stereocenters. The summed E-state index contributed by atoms with van der Waals surface area (Å²) in [6, 6.07) is 16.1. The third-order valence-corrected chi connectivity index (χ3v) is 3.20. The van der Waals surface area contributed by atoms with Gasteiger partial charge in [-0.1, -0.05) is 36.4 Å². The monoisotopic (exact) mass is 256 g/mol. The molecular weight excluding hydrogens is 240 g/mol. The van der Waals surface area contributed by atoms with Crippen molar-refractivity contribution < 1.29 is 9.94 Å². The fourth-order valence-corrected chi connectivity index (χ4v) is 2.25. The van der Waals surface area contributed by atoms with Gasteiger partial charge in [0.2, 0.25) is 0 Å². The van der Waals surface area contributed by atoms with Gasteiger partial charge < -0.3 is 15.7 Å². The van der Waals surface area contributed by atoms with Gasteiger partial charge in [-0.3, -0.25) is 0 Å². The molecule has 0 bridgehead atoms. The lowest BCUT2D eigenvalue weighted by atomic mass is 10.2.